The van der Waals surface area contributed by atoms with E-state index in [1.165, 1.54) is 48.6 Å². The minimum Gasteiger partial charge on any atom is -0.504 e. The Balaban J connectivity index is 1.44. The summed E-state index contributed by atoms with van der Waals surface area (Å²) >= 11 is 0. The number of aliphatic hydroxyl groups is 2. The Kier molecular flexibility index (Phi) is 13.5. The SMILES string of the molecule is CNC[C@@]12C[C@](OCC(=O)C=Cc3ccc(O)c(O)c3)(C(=O)O)C[C@@H](O)[C@H]1OC[C@@H](CCc1ccccc1)C[C@H](C(=O)C=Cc1cc(O)c(O)cc1CO)O2. The minimum absolute atomic E-state index is 0.0754. The van der Waals surface area contributed by atoms with Crippen LogP contribution in [0.5, 0.6) is 23.0 Å². The number of benzene rings is 3. The van der Waals surface area contributed by atoms with Gasteiger partial charge in [0, 0.05) is 19.4 Å². The van der Waals surface area contributed by atoms with Crippen LogP contribution in [-0.4, -0.2) is 110 Å². The van der Waals surface area contributed by atoms with Crippen LogP contribution in [-0.2, 0) is 41.6 Å². The van der Waals surface area contributed by atoms with E-state index >= 15 is 0 Å². The lowest BCUT2D eigenvalue weighted by molar-refractivity contribution is -0.268. The Morgan fingerprint density at radius 3 is 2.36 bits per heavy atom. The van der Waals surface area contributed by atoms with Gasteiger partial charge in [0.15, 0.2) is 40.2 Å². The van der Waals surface area contributed by atoms with Gasteiger partial charge in [-0.25, -0.2) is 4.79 Å². The van der Waals surface area contributed by atoms with Gasteiger partial charge in [-0.2, -0.15) is 0 Å². The zero-order valence-corrected chi connectivity index (χ0v) is 30.3. The number of aliphatic hydroxyl groups excluding tert-OH is 2. The number of nitrogens with one attached hydrogen (secondary N) is 1. The maximum atomic E-state index is 14.1. The molecule has 1 saturated carbocycles. The molecule has 6 atom stereocenters. The lowest BCUT2D eigenvalue weighted by Gasteiger charge is -2.53. The normalized spacial score (nSPS) is 25.7. The highest BCUT2D eigenvalue weighted by molar-refractivity contribution is 5.97. The number of carboxylic acids is 1. The van der Waals surface area contributed by atoms with Crippen LogP contribution in [0.1, 0.15) is 47.9 Å². The van der Waals surface area contributed by atoms with Crippen molar-refractivity contribution in [3.63, 3.8) is 0 Å². The van der Waals surface area contributed by atoms with Crippen molar-refractivity contribution in [2.24, 2.45) is 5.92 Å². The number of phenolic OH excluding ortho intramolecular Hbond substituents is 4. The quantitative estimate of drug-likeness (QED) is 0.0821. The molecule has 2 fully saturated rings. The molecule has 1 saturated heterocycles. The molecule has 55 heavy (non-hydrogen) atoms. The van der Waals surface area contributed by atoms with Crippen molar-refractivity contribution < 1.29 is 64.3 Å². The lowest BCUT2D eigenvalue weighted by atomic mass is 9.70. The third-order valence-corrected chi connectivity index (χ3v) is 10.1. The predicted octanol–water partition coefficient (Wildman–Crippen LogP) is 3.24. The first kappa shape index (κ1) is 41.1. The van der Waals surface area contributed by atoms with E-state index in [1.807, 2.05) is 30.3 Å². The van der Waals surface area contributed by atoms with Crippen molar-refractivity contribution in [2.45, 2.75) is 68.2 Å². The number of hydrogen-bond acceptors (Lipinski definition) is 13. The number of carboxylic acid groups (broad SMARTS) is 1. The highest BCUT2D eigenvalue weighted by Gasteiger charge is 2.61. The number of likely N-dealkylation sites (N-methyl/N-ethyl adjacent to an activating group) is 1. The molecule has 14 heteroatoms. The number of ether oxygens (including phenoxy) is 3. The van der Waals surface area contributed by atoms with Gasteiger partial charge in [-0.1, -0.05) is 48.6 Å². The Bertz CT molecular complexity index is 1900. The van der Waals surface area contributed by atoms with E-state index in [0.717, 1.165) is 11.6 Å². The summed E-state index contributed by atoms with van der Waals surface area (Å²) in [4.78, 5) is 40.1. The van der Waals surface area contributed by atoms with E-state index in [0.29, 0.717) is 18.4 Å². The molecule has 1 aliphatic carbocycles. The molecule has 3 aromatic rings. The van der Waals surface area contributed by atoms with E-state index < -0.39 is 84.6 Å². The summed E-state index contributed by atoms with van der Waals surface area (Å²) in [6.45, 7) is -1.14. The van der Waals surface area contributed by atoms with Crippen LogP contribution >= 0.6 is 0 Å². The fourth-order valence-electron chi connectivity index (χ4n) is 7.29. The highest BCUT2D eigenvalue weighted by atomic mass is 16.6. The molecule has 294 valence electrons. The maximum absolute atomic E-state index is 14.1. The molecule has 5 rings (SSSR count). The van der Waals surface area contributed by atoms with Gasteiger partial charge in [-0.3, -0.25) is 9.59 Å². The summed E-state index contributed by atoms with van der Waals surface area (Å²) < 4.78 is 18.9. The fourth-order valence-corrected chi connectivity index (χ4v) is 7.29. The monoisotopic (exact) mass is 761 g/mol. The Labute approximate surface area is 317 Å². The predicted molar refractivity (Wildman–Crippen MR) is 199 cm³/mol. The Morgan fingerprint density at radius 1 is 0.945 bits per heavy atom. The molecule has 1 aliphatic heterocycles. The second kappa shape index (κ2) is 18.0. The van der Waals surface area contributed by atoms with Crippen LogP contribution in [0.25, 0.3) is 12.2 Å². The zero-order chi connectivity index (χ0) is 39.8. The van der Waals surface area contributed by atoms with Crippen molar-refractivity contribution in [1.29, 1.82) is 0 Å². The average molecular weight is 762 g/mol. The largest absolute Gasteiger partial charge is 0.504 e. The van der Waals surface area contributed by atoms with Crippen molar-refractivity contribution in [3.05, 3.63) is 95.1 Å². The molecule has 14 nitrogen and oxygen atoms in total. The van der Waals surface area contributed by atoms with Crippen molar-refractivity contribution >= 4 is 29.7 Å². The third-order valence-electron chi connectivity index (χ3n) is 10.1. The first-order valence-corrected chi connectivity index (χ1v) is 17.9. The van der Waals surface area contributed by atoms with Crippen molar-refractivity contribution in [2.75, 3.05) is 26.8 Å². The molecule has 2 aliphatic rings. The third kappa shape index (κ3) is 9.97. The molecule has 0 amide bonds. The number of carbonyl (C=O) groups excluding carboxylic acids is 2. The van der Waals surface area contributed by atoms with Gasteiger partial charge in [-0.05, 0) is 90.9 Å². The molecule has 0 radical (unpaired) electrons. The smallest absolute Gasteiger partial charge is 0.336 e. The number of aryl methyl sites for hydroxylation is 1. The van der Waals surface area contributed by atoms with Crippen molar-refractivity contribution in [3.8, 4) is 23.0 Å². The number of aliphatic carboxylic acids is 1. The minimum atomic E-state index is -2.15. The van der Waals surface area contributed by atoms with Crippen LogP contribution in [0.4, 0.5) is 0 Å². The first-order valence-electron chi connectivity index (χ1n) is 17.9. The lowest BCUT2D eigenvalue weighted by Crippen LogP contribution is -2.69. The van der Waals surface area contributed by atoms with E-state index in [9.17, 15) is 50.1 Å². The van der Waals surface area contributed by atoms with E-state index in [4.69, 9.17) is 14.2 Å². The molecular formula is C41H47NO13. The molecule has 0 unspecified atom stereocenters. The van der Waals surface area contributed by atoms with Crippen LogP contribution in [0.3, 0.4) is 0 Å². The van der Waals surface area contributed by atoms with E-state index in [2.05, 4.69) is 5.32 Å². The average Bonchev–Trinajstić information content (AvgIpc) is 3.15. The number of aromatic hydroxyl groups is 4. The van der Waals surface area contributed by atoms with Crippen molar-refractivity contribution in [1.82, 2.24) is 5.32 Å². The van der Waals surface area contributed by atoms with Crippen LogP contribution in [0, 0.1) is 5.92 Å². The number of fused-ring (bicyclic) bond motifs is 1. The van der Waals surface area contributed by atoms with Gasteiger partial charge in [-0.15, -0.1) is 0 Å². The van der Waals surface area contributed by atoms with Gasteiger partial charge < -0.3 is 55.3 Å². The summed E-state index contributed by atoms with van der Waals surface area (Å²) in [5.41, 5.74) is -1.81. The summed E-state index contributed by atoms with van der Waals surface area (Å²) in [6.07, 6.45) is 1.92. The second-order valence-electron chi connectivity index (χ2n) is 14.1. The standard InChI is InChI=1S/C41H47NO13/c1-42-24-41-23-40(39(51)52,54-22-30(44)12-9-26-10-13-31(45)33(47)15-26)19-36(50)38(41)53-21-27(8-7-25-5-3-2-4-6-25)16-37(55-41)32(46)14-11-28-17-34(48)35(49)18-29(28)20-43/h2-6,9-15,17-18,27,36-38,42-43,45,47-50H,7-8,16,19-24H2,1H3,(H,51,52)/t27-,36+,37+,38+,40-,41-/m0/s1. The van der Waals surface area contributed by atoms with Gasteiger partial charge in [0.25, 0.3) is 0 Å². The number of hydrogen-bond donors (Lipinski definition) is 8. The molecule has 0 spiro atoms. The second-order valence-corrected chi connectivity index (χ2v) is 14.1. The number of ketones is 2. The van der Waals surface area contributed by atoms with Gasteiger partial charge in [0.1, 0.15) is 24.4 Å². The fraction of sp³-hybridized carbons (Fsp3) is 0.390. The van der Waals surface area contributed by atoms with Gasteiger partial charge in [0.2, 0.25) is 0 Å². The molecule has 1 heterocycles. The molecule has 0 bridgehead atoms. The van der Waals surface area contributed by atoms with Crippen LogP contribution in [0.2, 0.25) is 0 Å². The van der Waals surface area contributed by atoms with E-state index in [1.54, 1.807) is 7.05 Å². The topological polar surface area (TPSA) is 233 Å². The molecule has 8 N–H and O–H groups in total. The van der Waals surface area contributed by atoms with Crippen LogP contribution < -0.4 is 5.32 Å². The molecular weight excluding hydrogens is 714 g/mol. The molecule has 0 aromatic heterocycles. The summed E-state index contributed by atoms with van der Waals surface area (Å²) in [5.74, 6) is -4.43. The zero-order valence-electron chi connectivity index (χ0n) is 30.3. The first-order chi connectivity index (χ1) is 26.3. The maximum Gasteiger partial charge on any atom is 0.336 e. The van der Waals surface area contributed by atoms with Gasteiger partial charge >= 0.3 is 5.97 Å². The number of phenols is 4. The number of rotatable bonds is 15. The summed E-state index contributed by atoms with van der Waals surface area (Å²) in [5, 5.41) is 74.4. The Hall–Kier alpha value is -5.09. The number of carbonyl (C=O) groups is 3. The summed E-state index contributed by atoms with van der Waals surface area (Å²) in [7, 11) is 1.60. The van der Waals surface area contributed by atoms with Crippen LogP contribution in [0.15, 0.2) is 72.8 Å². The summed E-state index contributed by atoms with van der Waals surface area (Å²) in [6, 6.07) is 16.1. The van der Waals surface area contributed by atoms with Gasteiger partial charge in [0.05, 0.1) is 19.3 Å². The Morgan fingerprint density at radius 2 is 1.67 bits per heavy atom. The van der Waals surface area contributed by atoms with E-state index in [-0.39, 0.29) is 48.1 Å². The molecule has 3 aromatic carbocycles. The highest BCUT2D eigenvalue weighted by Crippen LogP contribution is 2.45.